The highest BCUT2D eigenvalue weighted by Gasteiger charge is 2.17. The molecule has 0 fully saturated rings. The third-order valence-corrected chi connectivity index (χ3v) is 2.45. The maximum Gasteiger partial charge on any atom is 0.200 e. The van der Waals surface area contributed by atoms with Crippen molar-refractivity contribution < 1.29 is 25.2 Å². The zero-order chi connectivity index (χ0) is 15.3. The Labute approximate surface area is 116 Å². The number of carbonyl (C=O) groups excluding carboxylic acids is 1. The third-order valence-electron chi connectivity index (χ3n) is 2.45. The van der Waals surface area contributed by atoms with Crippen molar-refractivity contribution >= 4 is 5.78 Å². The summed E-state index contributed by atoms with van der Waals surface area (Å²) in [5, 5.41) is 37.4. The van der Waals surface area contributed by atoms with Gasteiger partial charge in [0.05, 0.1) is 11.1 Å². The Kier molecular flexibility index (Phi) is 4.97. The summed E-state index contributed by atoms with van der Waals surface area (Å²) in [7, 11) is 0. The molecule has 0 saturated carbocycles. The number of phenols is 4. The van der Waals surface area contributed by atoms with Crippen LogP contribution in [0, 0.1) is 0 Å². The number of rotatable bonds is 2. The van der Waals surface area contributed by atoms with Crippen LogP contribution in [-0.4, -0.2) is 26.2 Å². The van der Waals surface area contributed by atoms with Crippen molar-refractivity contribution in [1.29, 1.82) is 0 Å². The van der Waals surface area contributed by atoms with Gasteiger partial charge in [0.25, 0.3) is 0 Å². The lowest BCUT2D eigenvalue weighted by Crippen LogP contribution is -2.01. The molecule has 0 aromatic heterocycles. The van der Waals surface area contributed by atoms with Gasteiger partial charge in [0.2, 0.25) is 0 Å². The number of hydrogen-bond acceptors (Lipinski definition) is 5. The third kappa shape index (κ3) is 3.20. The predicted octanol–water partition coefficient (Wildman–Crippen LogP) is 2.77. The molecule has 2 aromatic rings. The molecule has 0 radical (unpaired) electrons. The molecule has 0 aliphatic carbocycles. The van der Waals surface area contributed by atoms with Crippen molar-refractivity contribution in [2.45, 2.75) is 13.8 Å². The van der Waals surface area contributed by atoms with Gasteiger partial charge in [0.15, 0.2) is 5.78 Å². The van der Waals surface area contributed by atoms with Gasteiger partial charge in [0, 0.05) is 12.1 Å². The van der Waals surface area contributed by atoms with E-state index in [0.717, 1.165) is 12.1 Å². The zero-order valence-electron chi connectivity index (χ0n) is 11.2. The average molecular weight is 276 g/mol. The number of hydrogen-bond donors (Lipinski definition) is 4. The molecule has 20 heavy (non-hydrogen) atoms. The van der Waals surface area contributed by atoms with Gasteiger partial charge in [-0.15, -0.1) is 0 Å². The summed E-state index contributed by atoms with van der Waals surface area (Å²) in [5.41, 5.74) is -0.0948. The van der Waals surface area contributed by atoms with E-state index in [4.69, 9.17) is 10.2 Å². The number of aromatic hydroxyl groups is 4. The van der Waals surface area contributed by atoms with E-state index >= 15 is 0 Å². The monoisotopic (exact) mass is 276 g/mol. The normalized spacial score (nSPS) is 9.50. The van der Waals surface area contributed by atoms with Crippen molar-refractivity contribution in [3.63, 3.8) is 0 Å². The largest absolute Gasteiger partial charge is 0.508 e. The van der Waals surface area contributed by atoms with Gasteiger partial charge in [-0.2, -0.15) is 0 Å². The Morgan fingerprint density at radius 3 is 1.40 bits per heavy atom. The smallest absolute Gasteiger partial charge is 0.200 e. The van der Waals surface area contributed by atoms with E-state index in [-0.39, 0.29) is 34.1 Å². The van der Waals surface area contributed by atoms with E-state index in [9.17, 15) is 15.0 Å². The van der Waals surface area contributed by atoms with Crippen LogP contribution in [0.4, 0.5) is 0 Å². The first-order chi connectivity index (χ1) is 9.49. The van der Waals surface area contributed by atoms with Gasteiger partial charge < -0.3 is 20.4 Å². The van der Waals surface area contributed by atoms with Gasteiger partial charge in [-0.25, -0.2) is 0 Å². The van der Waals surface area contributed by atoms with Crippen LogP contribution in [0.5, 0.6) is 23.0 Å². The molecule has 0 atom stereocenters. The molecule has 0 amide bonds. The van der Waals surface area contributed by atoms with Crippen molar-refractivity contribution in [3.05, 3.63) is 47.5 Å². The second kappa shape index (κ2) is 6.47. The van der Waals surface area contributed by atoms with E-state index in [2.05, 4.69) is 0 Å². The number of phenolic OH excluding ortho intramolecular Hbond substituents is 4. The van der Waals surface area contributed by atoms with Gasteiger partial charge in [0.1, 0.15) is 23.0 Å². The zero-order valence-corrected chi connectivity index (χ0v) is 11.2. The number of ketones is 1. The Bertz CT molecular complexity index is 566. The molecule has 0 spiro atoms. The van der Waals surface area contributed by atoms with E-state index in [1.807, 2.05) is 13.8 Å². The van der Waals surface area contributed by atoms with E-state index < -0.39 is 5.78 Å². The summed E-state index contributed by atoms with van der Waals surface area (Å²) >= 11 is 0. The molecule has 0 saturated heterocycles. The highest BCUT2D eigenvalue weighted by Crippen LogP contribution is 2.29. The quantitative estimate of drug-likeness (QED) is 0.632. The van der Waals surface area contributed by atoms with Crippen molar-refractivity contribution in [3.8, 4) is 23.0 Å². The minimum Gasteiger partial charge on any atom is -0.508 e. The SMILES string of the molecule is CC.O=C(c1ccc(O)cc1O)c1ccc(O)cc1O. The topological polar surface area (TPSA) is 98.0 Å². The van der Waals surface area contributed by atoms with Crippen LogP contribution in [0.15, 0.2) is 36.4 Å². The van der Waals surface area contributed by atoms with E-state index in [0.29, 0.717) is 0 Å². The van der Waals surface area contributed by atoms with Gasteiger partial charge >= 0.3 is 0 Å². The lowest BCUT2D eigenvalue weighted by Gasteiger charge is -2.06. The van der Waals surface area contributed by atoms with Crippen LogP contribution in [0.3, 0.4) is 0 Å². The minimum absolute atomic E-state index is 0.0474. The summed E-state index contributed by atoms with van der Waals surface area (Å²) < 4.78 is 0. The molecule has 2 aromatic carbocycles. The van der Waals surface area contributed by atoms with Crippen molar-refractivity contribution in [2.24, 2.45) is 0 Å². The highest BCUT2D eigenvalue weighted by atomic mass is 16.3. The fourth-order valence-corrected chi connectivity index (χ4v) is 1.57. The number of carbonyl (C=O) groups is 1. The average Bonchev–Trinajstić information content (AvgIpc) is 2.40. The van der Waals surface area contributed by atoms with Crippen LogP contribution in [0.1, 0.15) is 29.8 Å². The molecule has 0 unspecified atom stereocenters. The summed E-state index contributed by atoms with van der Waals surface area (Å²) in [6, 6.07) is 7.07. The summed E-state index contributed by atoms with van der Waals surface area (Å²) in [6.45, 7) is 4.00. The number of benzene rings is 2. The molecule has 5 nitrogen and oxygen atoms in total. The second-order valence-electron chi connectivity index (χ2n) is 3.73. The van der Waals surface area contributed by atoms with E-state index in [1.165, 1.54) is 24.3 Å². The Morgan fingerprint density at radius 2 is 1.10 bits per heavy atom. The van der Waals surface area contributed by atoms with Crippen molar-refractivity contribution in [2.75, 3.05) is 0 Å². The molecule has 0 heterocycles. The lowest BCUT2D eigenvalue weighted by molar-refractivity contribution is 0.103. The van der Waals surface area contributed by atoms with Crippen LogP contribution in [-0.2, 0) is 0 Å². The summed E-state index contributed by atoms with van der Waals surface area (Å²) in [4.78, 5) is 12.0. The molecule has 106 valence electrons. The molecule has 4 N–H and O–H groups in total. The molecule has 0 aliphatic rings. The molecule has 0 aliphatic heterocycles. The lowest BCUT2D eigenvalue weighted by atomic mass is 10.0. The first kappa shape index (κ1) is 15.4. The molecule has 5 heteroatoms. The molecular formula is C15H16O5. The van der Waals surface area contributed by atoms with Gasteiger partial charge in [-0.3, -0.25) is 4.79 Å². The predicted molar refractivity (Wildman–Crippen MR) is 74.3 cm³/mol. The molecule has 0 bridgehead atoms. The Hall–Kier alpha value is -2.69. The molecule has 2 rings (SSSR count). The Morgan fingerprint density at radius 1 is 0.750 bits per heavy atom. The maximum absolute atomic E-state index is 12.0. The van der Waals surface area contributed by atoms with Crippen LogP contribution in [0.2, 0.25) is 0 Å². The van der Waals surface area contributed by atoms with E-state index in [1.54, 1.807) is 0 Å². The fourth-order valence-electron chi connectivity index (χ4n) is 1.57. The second-order valence-corrected chi connectivity index (χ2v) is 3.73. The van der Waals surface area contributed by atoms with Gasteiger partial charge in [-0.1, -0.05) is 13.8 Å². The first-order valence-corrected chi connectivity index (χ1v) is 6.07. The van der Waals surface area contributed by atoms with Crippen LogP contribution in [0.25, 0.3) is 0 Å². The summed E-state index contributed by atoms with van der Waals surface area (Å²) in [6.07, 6.45) is 0. The summed E-state index contributed by atoms with van der Waals surface area (Å²) in [5.74, 6) is -1.71. The standard InChI is InChI=1S/C13H10O5.C2H6/c14-7-1-3-9(11(16)5-7)13(18)10-4-2-8(15)6-12(10)17;1-2/h1-6,14-17H;1-2H3. The maximum atomic E-state index is 12.0. The Balaban J connectivity index is 0.000000956. The first-order valence-electron chi connectivity index (χ1n) is 6.07. The molecular weight excluding hydrogens is 260 g/mol. The van der Waals surface area contributed by atoms with Crippen LogP contribution < -0.4 is 0 Å². The van der Waals surface area contributed by atoms with Crippen LogP contribution >= 0.6 is 0 Å². The van der Waals surface area contributed by atoms with Crippen molar-refractivity contribution in [1.82, 2.24) is 0 Å². The van der Waals surface area contributed by atoms with Gasteiger partial charge in [-0.05, 0) is 24.3 Å². The fraction of sp³-hybridized carbons (Fsp3) is 0.133. The highest BCUT2D eigenvalue weighted by molar-refractivity contribution is 6.12. The minimum atomic E-state index is -0.606.